The van der Waals surface area contributed by atoms with Crippen LogP contribution in [0.15, 0.2) is 18.2 Å². The summed E-state index contributed by atoms with van der Waals surface area (Å²) in [7, 11) is 1.48. The van der Waals surface area contributed by atoms with Crippen molar-refractivity contribution in [1.82, 2.24) is 9.78 Å². The third-order valence-corrected chi connectivity index (χ3v) is 3.87. The van der Waals surface area contributed by atoms with Crippen molar-refractivity contribution in [2.45, 2.75) is 26.8 Å². The summed E-state index contributed by atoms with van der Waals surface area (Å²) in [5.41, 5.74) is 0.906. The zero-order valence-corrected chi connectivity index (χ0v) is 14.4. The Labute approximate surface area is 143 Å². The van der Waals surface area contributed by atoms with Gasteiger partial charge in [0.2, 0.25) is 5.91 Å². The van der Waals surface area contributed by atoms with Crippen molar-refractivity contribution < 1.29 is 14.5 Å². The third-order valence-electron chi connectivity index (χ3n) is 3.64. The summed E-state index contributed by atoms with van der Waals surface area (Å²) in [5.74, 6) is 0.0652. The Morgan fingerprint density at radius 3 is 2.67 bits per heavy atom. The van der Waals surface area contributed by atoms with E-state index in [0.29, 0.717) is 22.2 Å². The van der Waals surface area contributed by atoms with Gasteiger partial charge in [0.1, 0.15) is 23.2 Å². The zero-order valence-electron chi connectivity index (χ0n) is 13.7. The van der Waals surface area contributed by atoms with Crippen molar-refractivity contribution in [3.8, 4) is 5.75 Å². The zero-order chi connectivity index (χ0) is 18.0. The number of hydrogen-bond donors (Lipinski definition) is 1. The van der Waals surface area contributed by atoms with Gasteiger partial charge in [-0.2, -0.15) is 5.10 Å². The summed E-state index contributed by atoms with van der Waals surface area (Å²) in [6.07, 6.45) is 0. The summed E-state index contributed by atoms with van der Waals surface area (Å²) in [4.78, 5) is 23.1. The molecule has 0 spiro atoms. The average Bonchev–Trinajstić information content (AvgIpc) is 2.81. The summed E-state index contributed by atoms with van der Waals surface area (Å²) in [6, 6.07) is 4.09. The summed E-state index contributed by atoms with van der Waals surface area (Å²) >= 11 is 5.94. The lowest BCUT2D eigenvalue weighted by atomic mass is 10.2. The molecule has 0 bridgehead atoms. The lowest BCUT2D eigenvalue weighted by Crippen LogP contribution is -2.25. The number of aryl methyl sites for hydroxylation is 1. The minimum Gasteiger partial charge on any atom is -0.495 e. The Morgan fingerprint density at radius 2 is 2.12 bits per heavy atom. The highest BCUT2D eigenvalue weighted by atomic mass is 35.5. The molecule has 1 atom stereocenters. The molecular formula is C15H17ClN4O4. The topological polar surface area (TPSA) is 99.3 Å². The Kier molecular flexibility index (Phi) is 5.08. The Bertz CT molecular complexity index is 803. The maximum Gasteiger partial charge on any atom is 0.312 e. The van der Waals surface area contributed by atoms with Crippen LogP contribution in [0.3, 0.4) is 0 Å². The summed E-state index contributed by atoms with van der Waals surface area (Å²) < 4.78 is 6.51. The molecule has 0 aliphatic carbocycles. The van der Waals surface area contributed by atoms with Crippen LogP contribution in [0.4, 0.5) is 11.4 Å². The first kappa shape index (κ1) is 17.7. The normalized spacial score (nSPS) is 11.9. The number of nitrogens with zero attached hydrogens (tertiary/aromatic N) is 3. The second kappa shape index (κ2) is 6.88. The average molecular weight is 353 g/mol. The number of rotatable bonds is 5. The van der Waals surface area contributed by atoms with E-state index in [9.17, 15) is 14.9 Å². The van der Waals surface area contributed by atoms with E-state index in [4.69, 9.17) is 16.3 Å². The van der Waals surface area contributed by atoms with Gasteiger partial charge in [0.15, 0.2) is 0 Å². The molecule has 0 aliphatic rings. The molecule has 2 rings (SSSR count). The molecule has 9 heteroatoms. The van der Waals surface area contributed by atoms with Gasteiger partial charge in [-0.05, 0) is 39.0 Å². The van der Waals surface area contributed by atoms with Crippen LogP contribution in [0, 0.1) is 24.0 Å². The van der Waals surface area contributed by atoms with Crippen LogP contribution in [0.25, 0.3) is 0 Å². The monoisotopic (exact) mass is 352 g/mol. The molecule has 1 aromatic heterocycles. The fraction of sp³-hybridized carbons (Fsp3) is 0.333. The molecule has 128 valence electrons. The van der Waals surface area contributed by atoms with Crippen molar-refractivity contribution in [3.05, 3.63) is 44.7 Å². The van der Waals surface area contributed by atoms with Crippen LogP contribution in [-0.4, -0.2) is 27.7 Å². The molecule has 1 N–H and O–H groups in total. The SMILES string of the molecule is COc1ccc(Cl)cc1NC(=O)[C@@H](C)n1nc(C)c([N+](=O)[O-])c1C. The molecule has 2 aromatic rings. The maximum absolute atomic E-state index is 12.5. The van der Waals surface area contributed by atoms with Crippen molar-refractivity contribution in [2.24, 2.45) is 0 Å². The van der Waals surface area contributed by atoms with Crippen LogP contribution < -0.4 is 10.1 Å². The van der Waals surface area contributed by atoms with Crippen molar-refractivity contribution in [3.63, 3.8) is 0 Å². The molecule has 1 heterocycles. The van der Waals surface area contributed by atoms with Crippen molar-refractivity contribution >= 4 is 28.9 Å². The number of aromatic nitrogens is 2. The van der Waals surface area contributed by atoms with Gasteiger partial charge in [0.05, 0.1) is 17.7 Å². The number of amides is 1. The van der Waals surface area contributed by atoms with Gasteiger partial charge in [0.25, 0.3) is 0 Å². The Balaban J connectivity index is 2.30. The summed E-state index contributed by atoms with van der Waals surface area (Å²) in [5, 5.41) is 18.3. The van der Waals surface area contributed by atoms with Gasteiger partial charge in [-0.15, -0.1) is 0 Å². The third kappa shape index (κ3) is 3.33. The van der Waals surface area contributed by atoms with E-state index in [1.807, 2.05) is 0 Å². The quantitative estimate of drug-likeness (QED) is 0.657. The number of anilines is 1. The van der Waals surface area contributed by atoms with Crippen LogP contribution >= 0.6 is 11.6 Å². The molecule has 0 unspecified atom stereocenters. The van der Waals surface area contributed by atoms with Gasteiger partial charge in [0, 0.05) is 5.02 Å². The highest BCUT2D eigenvalue weighted by Crippen LogP contribution is 2.29. The Hall–Kier alpha value is -2.61. The number of hydrogen-bond acceptors (Lipinski definition) is 5. The second-order valence-corrected chi connectivity index (χ2v) is 5.67. The number of methoxy groups -OCH3 is 1. The molecule has 24 heavy (non-hydrogen) atoms. The molecule has 1 aromatic carbocycles. The van der Waals surface area contributed by atoms with E-state index in [2.05, 4.69) is 10.4 Å². The van der Waals surface area contributed by atoms with Crippen LogP contribution in [0.5, 0.6) is 5.75 Å². The smallest absolute Gasteiger partial charge is 0.312 e. The van der Waals surface area contributed by atoms with Crippen LogP contribution in [0.2, 0.25) is 5.02 Å². The molecule has 1 amide bonds. The first-order valence-electron chi connectivity index (χ1n) is 7.10. The Morgan fingerprint density at radius 1 is 1.46 bits per heavy atom. The van der Waals surface area contributed by atoms with Gasteiger partial charge in [-0.3, -0.25) is 19.6 Å². The van der Waals surface area contributed by atoms with E-state index >= 15 is 0 Å². The van der Waals surface area contributed by atoms with Crippen molar-refractivity contribution in [1.29, 1.82) is 0 Å². The lowest BCUT2D eigenvalue weighted by molar-refractivity contribution is -0.386. The first-order chi connectivity index (χ1) is 11.3. The second-order valence-electron chi connectivity index (χ2n) is 5.23. The van der Waals surface area contributed by atoms with Gasteiger partial charge >= 0.3 is 5.69 Å². The van der Waals surface area contributed by atoms with Crippen LogP contribution in [0.1, 0.15) is 24.4 Å². The molecule has 8 nitrogen and oxygen atoms in total. The van der Waals surface area contributed by atoms with Crippen molar-refractivity contribution in [2.75, 3.05) is 12.4 Å². The molecule has 0 fully saturated rings. The fourth-order valence-corrected chi connectivity index (χ4v) is 2.59. The van der Waals surface area contributed by atoms with E-state index in [-0.39, 0.29) is 11.4 Å². The molecule has 0 radical (unpaired) electrons. The molecule has 0 saturated carbocycles. The predicted octanol–water partition coefficient (Wildman–Crippen LogP) is 3.27. The predicted molar refractivity (Wildman–Crippen MR) is 89.7 cm³/mol. The number of nitrogens with one attached hydrogen (secondary N) is 1. The van der Waals surface area contributed by atoms with E-state index in [0.717, 1.165) is 0 Å². The number of benzene rings is 1. The fourth-order valence-electron chi connectivity index (χ4n) is 2.42. The number of carbonyl (C=O) groups excluding carboxylic acids is 1. The van der Waals surface area contributed by atoms with E-state index in [1.165, 1.54) is 18.7 Å². The highest BCUT2D eigenvalue weighted by Gasteiger charge is 2.27. The van der Waals surface area contributed by atoms with E-state index in [1.54, 1.807) is 32.0 Å². The minimum absolute atomic E-state index is 0.0880. The number of nitro groups is 1. The number of ether oxygens (including phenoxy) is 1. The van der Waals surface area contributed by atoms with Crippen LogP contribution in [-0.2, 0) is 4.79 Å². The van der Waals surface area contributed by atoms with Gasteiger partial charge in [-0.25, -0.2) is 0 Å². The number of halogens is 1. The minimum atomic E-state index is -0.749. The molecule has 0 saturated heterocycles. The molecular weight excluding hydrogens is 336 g/mol. The largest absolute Gasteiger partial charge is 0.495 e. The lowest BCUT2D eigenvalue weighted by Gasteiger charge is -2.16. The standard InChI is InChI=1S/C15H17ClN4O4/c1-8-14(20(22)23)9(2)19(18-8)10(3)15(21)17-12-7-11(16)5-6-13(12)24-4/h5-7,10H,1-4H3,(H,17,21)/t10-/m1/s1. The van der Waals surface area contributed by atoms with Gasteiger partial charge in [-0.1, -0.05) is 11.6 Å². The highest BCUT2D eigenvalue weighted by molar-refractivity contribution is 6.31. The van der Waals surface area contributed by atoms with E-state index < -0.39 is 16.9 Å². The van der Waals surface area contributed by atoms with Gasteiger partial charge < -0.3 is 10.1 Å². The number of carbonyl (C=O) groups is 1. The maximum atomic E-state index is 12.5. The summed E-state index contributed by atoms with van der Waals surface area (Å²) in [6.45, 7) is 4.70. The molecule has 0 aliphatic heterocycles. The first-order valence-corrected chi connectivity index (χ1v) is 7.48.